The third kappa shape index (κ3) is 3.31. The Morgan fingerprint density at radius 1 is 1.57 bits per heavy atom. The Balaban J connectivity index is 3.58. The van der Waals surface area contributed by atoms with Crippen LogP contribution < -0.4 is 0 Å². The summed E-state index contributed by atoms with van der Waals surface area (Å²) in [6.45, 7) is 5.96. The smallest absolute Gasteiger partial charge is 0.0395 e. The Hall–Kier alpha value is -0.520. The highest BCUT2D eigenvalue weighted by Crippen LogP contribution is 1.90. The maximum Gasteiger partial charge on any atom is -0.0395 e. The monoisotopic (exact) mass is 95.1 g/mol. The fraction of sp³-hybridized carbons (Fsp3) is 0.429. The molecule has 0 bridgehead atoms. The molecule has 0 N–H and O–H groups in total. The van der Waals surface area contributed by atoms with Crippen LogP contribution in [0.25, 0.3) is 0 Å². The molecule has 39 valence electrons. The lowest BCUT2D eigenvalue weighted by atomic mass is 10.3. The average molecular weight is 95.2 g/mol. The third-order valence-corrected chi connectivity index (χ3v) is 0.827. The number of allylic oxidation sites excluding steroid dienone is 4. The van der Waals surface area contributed by atoms with E-state index < -0.39 is 0 Å². The second kappa shape index (κ2) is 3.66. The van der Waals surface area contributed by atoms with Gasteiger partial charge in [0.25, 0.3) is 0 Å². The minimum Gasteiger partial charge on any atom is -0.0847 e. The second-order valence-electron chi connectivity index (χ2n) is 1.47. The van der Waals surface area contributed by atoms with E-state index in [4.69, 9.17) is 0 Å². The van der Waals surface area contributed by atoms with Crippen molar-refractivity contribution in [2.45, 2.75) is 20.8 Å². The van der Waals surface area contributed by atoms with E-state index in [-0.39, 0.29) is 0 Å². The molecule has 0 aliphatic rings. The van der Waals surface area contributed by atoms with Gasteiger partial charge in [-0.05, 0) is 26.8 Å². The molecular formula is C7H11. The molecule has 0 heteroatoms. The molecule has 1 radical (unpaired) electrons. The van der Waals surface area contributed by atoms with Gasteiger partial charge in [0.2, 0.25) is 0 Å². The minimum atomic E-state index is 1.27. The summed E-state index contributed by atoms with van der Waals surface area (Å²) in [7, 11) is 0. The SMILES string of the molecule is C/[C]=C\C(C)=C\C. The molecule has 0 unspecified atom stereocenters. The van der Waals surface area contributed by atoms with Crippen LogP contribution in [0.2, 0.25) is 0 Å². The molecule has 0 aromatic carbocycles. The lowest BCUT2D eigenvalue weighted by Gasteiger charge is -1.81. The van der Waals surface area contributed by atoms with Crippen LogP contribution in [0.3, 0.4) is 0 Å². The van der Waals surface area contributed by atoms with Crippen LogP contribution in [-0.2, 0) is 0 Å². The molecule has 0 saturated heterocycles. The van der Waals surface area contributed by atoms with E-state index in [0.29, 0.717) is 0 Å². The first-order chi connectivity index (χ1) is 3.31. The Kier molecular flexibility index (Phi) is 3.39. The topological polar surface area (TPSA) is 0 Å². The summed E-state index contributed by atoms with van der Waals surface area (Å²) in [5.41, 5.74) is 1.27. The van der Waals surface area contributed by atoms with Crippen LogP contribution in [0.15, 0.2) is 17.7 Å². The molecule has 0 aromatic rings. The molecule has 0 aromatic heterocycles. The average Bonchev–Trinajstić information content (AvgIpc) is 1.68. The van der Waals surface area contributed by atoms with Crippen molar-refractivity contribution in [2.75, 3.05) is 0 Å². The fourth-order valence-corrected chi connectivity index (χ4v) is 0.311. The van der Waals surface area contributed by atoms with E-state index in [1.807, 2.05) is 19.9 Å². The van der Waals surface area contributed by atoms with Crippen molar-refractivity contribution in [3.05, 3.63) is 23.8 Å². The first-order valence-electron chi connectivity index (χ1n) is 2.44. The van der Waals surface area contributed by atoms with Gasteiger partial charge in [0.15, 0.2) is 0 Å². The van der Waals surface area contributed by atoms with E-state index in [9.17, 15) is 0 Å². The largest absolute Gasteiger partial charge is 0.0847 e. The highest BCUT2D eigenvalue weighted by Gasteiger charge is 1.70. The highest BCUT2D eigenvalue weighted by atomic mass is 13.8. The van der Waals surface area contributed by atoms with E-state index in [0.717, 1.165) is 0 Å². The lowest BCUT2D eigenvalue weighted by Crippen LogP contribution is -1.60. The van der Waals surface area contributed by atoms with E-state index in [1.54, 1.807) is 0 Å². The van der Waals surface area contributed by atoms with Gasteiger partial charge in [0.1, 0.15) is 0 Å². The van der Waals surface area contributed by atoms with Crippen LogP contribution in [0, 0.1) is 6.08 Å². The summed E-state index contributed by atoms with van der Waals surface area (Å²) < 4.78 is 0. The summed E-state index contributed by atoms with van der Waals surface area (Å²) in [6.07, 6.45) is 6.94. The molecule has 0 spiro atoms. The van der Waals surface area contributed by atoms with E-state index >= 15 is 0 Å². The number of rotatable bonds is 1. The van der Waals surface area contributed by atoms with Crippen LogP contribution in [0.4, 0.5) is 0 Å². The molecule has 0 aliphatic heterocycles. The van der Waals surface area contributed by atoms with Crippen LogP contribution >= 0.6 is 0 Å². The molecule has 7 heavy (non-hydrogen) atoms. The molecule has 0 saturated carbocycles. The van der Waals surface area contributed by atoms with Gasteiger partial charge in [-0.3, -0.25) is 0 Å². The van der Waals surface area contributed by atoms with Gasteiger partial charge in [-0.15, -0.1) is 0 Å². The third-order valence-electron chi connectivity index (χ3n) is 0.827. The van der Waals surface area contributed by atoms with Crippen molar-refractivity contribution in [1.29, 1.82) is 0 Å². The zero-order valence-corrected chi connectivity index (χ0v) is 5.15. The number of hydrogen-bond donors (Lipinski definition) is 0. The zero-order chi connectivity index (χ0) is 5.70. The molecule has 0 nitrogen and oxygen atoms in total. The van der Waals surface area contributed by atoms with Crippen LogP contribution in [0.1, 0.15) is 20.8 Å². The van der Waals surface area contributed by atoms with E-state index in [1.165, 1.54) is 5.57 Å². The Labute approximate surface area is 45.5 Å². The highest BCUT2D eigenvalue weighted by molar-refractivity contribution is 5.11. The summed E-state index contributed by atoms with van der Waals surface area (Å²) >= 11 is 0. The summed E-state index contributed by atoms with van der Waals surface area (Å²) in [5, 5.41) is 0. The van der Waals surface area contributed by atoms with Gasteiger partial charge in [-0.25, -0.2) is 0 Å². The number of hydrogen-bond acceptors (Lipinski definition) is 0. The standard InChI is InChI=1S/C7H11/c1-4-6-7(3)5-2/h5-6H,1-3H3/b6-4?,7-5+. The van der Waals surface area contributed by atoms with Gasteiger partial charge < -0.3 is 0 Å². The summed E-state index contributed by atoms with van der Waals surface area (Å²) in [6, 6.07) is 0. The Morgan fingerprint density at radius 2 is 2.14 bits per heavy atom. The molecule has 0 heterocycles. The van der Waals surface area contributed by atoms with Crippen molar-refractivity contribution in [1.82, 2.24) is 0 Å². The van der Waals surface area contributed by atoms with Crippen molar-refractivity contribution >= 4 is 0 Å². The van der Waals surface area contributed by atoms with Gasteiger partial charge in [0, 0.05) is 0 Å². The fourth-order valence-electron chi connectivity index (χ4n) is 0.311. The van der Waals surface area contributed by atoms with Gasteiger partial charge in [-0.2, -0.15) is 0 Å². The van der Waals surface area contributed by atoms with Crippen molar-refractivity contribution in [2.24, 2.45) is 0 Å². The summed E-state index contributed by atoms with van der Waals surface area (Å²) in [4.78, 5) is 0. The van der Waals surface area contributed by atoms with E-state index in [2.05, 4.69) is 19.1 Å². The molecule has 0 fully saturated rings. The van der Waals surface area contributed by atoms with Crippen molar-refractivity contribution < 1.29 is 0 Å². The first-order valence-corrected chi connectivity index (χ1v) is 2.44. The normalized spacial score (nSPS) is 13.3. The maximum atomic E-state index is 2.93. The lowest BCUT2D eigenvalue weighted by molar-refractivity contribution is 1.45. The predicted octanol–water partition coefficient (Wildman–Crippen LogP) is 2.33. The summed E-state index contributed by atoms with van der Waals surface area (Å²) in [5.74, 6) is 0. The Morgan fingerprint density at radius 3 is 2.29 bits per heavy atom. The van der Waals surface area contributed by atoms with Crippen molar-refractivity contribution in [3.63, 3.8) is 0 Å². The van der Waals surface area contributed by atoms with Gasteiger partial charge >= 0.3 is 0 Å². The second-order valence-corrected chi connectivity index (χ2v) is 1.47. The van der Waals surface area contributed by atoms with Crippen LogP contribution in [0.5, 0.6) is 0 Å². The molecule has 0 amide bonds. The Bertz CT molecular complexity index is 86.2. The van der Waals surface area contributed by atoms with Gasteiger partial charge in [-0.1, -0.05) is 17.7 Å². The molecule has 0 aliphatic carbocycles. The minimum absolute atomic E-state index is 1.27. The quantitative estimate of drug-likeness (QED) is 0.438. The van der Waals surface area contributed by atoms with Crippen LogP contribution in [-0.4, -0.2) is 0 Å². The molecule has 0 rings (SSSR count). The molecule has 0 atom stereocenters. The predicted molar refractivity (Wildman–Crippen MR) is 32.9 cm³/mol. The molecular weight excluding hydrogens is 84.1 g/mol. The maximum absolute atomic E-state index is 2.93. The first kappa shape index (κ1) is 6.48. The van der Waals surface area contributed by atoms with Crippen molar-refractivity contribution in [3.8, 4) is 0 Å². The zero-order valence-electron chi connectivity index (χ0n) is 5.15. The van der Waals surface area contributed by atoms with Gasteiger partial charge in [0.05, 0.1) is 0 Å².